The number of hydrogen-bond acceptors (Lipinski definition) is 6. The zero-order chi connectivity index (χ0) is 14.3. The highest BCUT2D eigenvalue weighted by Crippen LogP contribution is 2.32. The van der Waals surface area contributed by atoms with Gasteiger partial charge in [-0.15, -0.1) is 22.7 Å². The molecule has 3 rings (SSSR count). The Balaban J connectivity index is 1.91. The van der Waals surface area contributed by atoms with Crippen LogP contribution >= 0.6 is 22.7 Å². The summed E-state index contributed by atoms with van der Waals surface area (Å²) in [5, 5.41) is 7.61. The van der Waals surface area contributed by atoms with Gasteiger partial charge in [-0.05, 0) is 32.9 Å². The maximum absolute atomic E-state index is 6.13. The van der Waals surface area contributed by atoms with Crippen molar-refractivity contribution in [1.29, 1.82) is 0 Å². The van der Waals surface area contributed by atoms with Crippen LogP contribution < -0.4 is 11.1 Å². The molecule has 0 saturated heterocycles. The highest BCUT2D eigenvalue weighted by molar-refractivity contribution is 7.18. The van der Waals surface area contributed by atoms with Gasteiger partial charge in [0.2, 0.25) is 0 Å². The Morgan fingerprint density at radius 3 is 2.75 bits per heavy atom. The second-order valence-electron chi connectivity index (χ2n) is 4.83. The predicted molar refractivity (Wildman–Crippen MR) is 87.7 cm³/mol. The van der Waals surface area contributed by atoms with Gasteiger partial charge in [0.05, 0.1) is 32.6 Å². The van der Waals surface area contributed by atoms with Crippen molar-refractivity contribution in [1.82, 2.24) is 9.97 Å². The first-order valence-electron chi connectivity index (χ1n) is 6.38. The van der Waals surface area contributed by atoms with Gasteiger partial charge in [0, 0.05) is 11.1 Å². The number of aryl methyl sites for hydroxylation is 2. The van der Waals surface area contributed by atoms with E-state index in [0.29, 0.717) is 0 Å². The fourth-order valence-corrected chi connectivity index (χ4v) is 3.76. The molecule has 3 aromatic rings. The lowest BCUT2D eigenvalue weighted by atomic mass is 10.2. The molecule has 2 heterocycles. The third-order valence-corrected chi connectivity index (χ3v) is 5.12. The summed E-state index contributed by atoms with van der Waals surface area (Å²) in [6.45, 7) is 6.11. The Kier molecular flexibility index (Phi) is 3.35. The van der Waals surface area contributed by atoms with E-state index in [4.69, 9.17) is 5.73 Å². The molecule has 0 amide bonds. The lowest BCUT2D eigenvalue weighted by Gasteiger charge is -2.14. The van der Waals surface area contributed by atoms with Crippen molar-refractivity contribution < 1.29 is 0 Å². The Morgan fingerprint density at radius 1 is 1.25 bits per heavy atom. The third kappa shape index (κ3) is 2.48. The van der Waals surface area contributed by atoms with E-state index in [1.165, 1.54) is 0 Å². The van der Waals surface area contributed by atoms with Crippen LogP contribution in [-0.2, 0) is 0 Å². The topological polar surface area (TPSA) is 63.8 Å². The van der Waals surface area contributed by atoms with Gasteiger partial charge >= 0.3 is 0 Å². The van der Waals surface area contributed by atoms with E-state index >= 15 is 0 Å². The molecular formula is C14H16N4S2. The van der Waals surface area contributed by atoms with Crippen molar-refractivity contribution in [2.75, 3.05) is 11.1 Å². The number of nitrogens with zero attached hydrogens (tertiary/aromatic N) is 2. The van der Waals surface area contributed by atoms with Crippen LogP contribution in [0.1, 0.15) is 28.7 Å². The molecule has 104 valence electrons. The van der Waals surface area contributed by atoms with Gasteiger partial charge in [-0.25, -0.2) is 9.97 Å². The summed E-state index contributed by atoms with van der Waals surface area (Å²) in [4.78, 5) is 9.01. The Morgan fingerprint density at radius 2 is 2.05 bits per heavy atom. The van der Waals surface area contributed by atoms with Gasteiger partial charge in [-0.2, -0.15) is 0 Å². The van der Waals surface area contributed by atoms with Crippen LogP contribution in [0.25, 0.3) is 10.2 Å². The largest absolute Gasteiger partial charge is 0.397 e. The smallest absolute Gasteiger partial charge is 0.115 e. The van der Waals surface area contributed by atoms with Crippen molar-refractivity contribution in [3.8, 4) is 0 Å². The molecule has 4 nitrogen and oxygen atoms in total. The Hall–Kier alpha value is -1.66. The van der Waals surface area contributed by atoms with Crippen LogP contribution in [0.3, 0.4) is 0 Å². The van der Waals surface area contributed by atoms with E-state index in [2.05, 4.69) is 27.6 Å². The summed E-state index contributed by atoms with van der Waals surface area (Å²) in [5.41, 5.74) is 9.84. The second-order valence-corrected chi connectivity index (χ2v) is 6.96. The summed E-state index contributed by atoms with van der Waals surface area (Å²) in [5.74, 6) is 0. The second kappa shape index (κ2) is 5.03. The molecule has 0 radical (unpaired) electrons. The first kappa shape index (κ1) is 13.3. The normalized spacial score (nSPS) is 12.8. The SMILES string of the molecule is Cc1csc(C(C)Nc2cc3nc(C)sc3cc2N)n1. The molecule has 3 N–H and O–H groups in total. The first-order valence-corrected chi connectivity index (χ1v) is 8.08. The predicted octanol–water partition coefficient (Wildman–Crippen LogP) is 4.12. The summed E-state index contributed by atoms with van der Waals surface area (Å²) in [7, 11) is 0. The molecule has 0 saturated carbocycles. The van der Waals surface area contributed by atoms with Crippen molar-refractivity contribution in [2.24, 2.45) is 0 Å². The van der Waals surface area contributed by atoms with E-state index in [9.17, 15) is 0 Å². The maximum Gasteiger partial charge on any atom is 0.115 e. The number of nitrogen functional groups attached to an aromatic ring is 1. The van der Waals surface area contributed by atoms with Gasteiger partial charge in [0.15, 0.2) is 0 Å². The molecule has 2 aromatic heterocycles. The van der Waals surface area contributed by atoms with Gasteiger partial charge in [0.1, 0.15) is 5.01 Å². The molecule has 0 aliphatic heterocycles. The summed E-state index contributed by atoms with van der Waals surface area (Å²) < 4.78 is 1.13. The number of nitrogens with one attached hydrogen (secondary N) is 1. The number of rotatable bonds is 3. The summed E-state index contributed by atoms with van der Waals surface area (Å²) in [6, 6.07) is 4.14. The number of anilines is 2. The molecule has 20 heavy (non-hydrogen) atoms. The standard InChI is InChI=1S/C14H16N4S2/c1-7-6-19-14(16-7)8(2)17-11-5-12-13(4-10(11)15)20-9(3)18-12/h4-6,8,17H,15H2,1-3H3. The summed E-state index contributed by atoms with van der Waals surface area (Å²) in [6.07, 6.45) is 0. The van der Waals surface area contributed by atoms with E-state index in [-0.39, 0.29) is 6.04 Å². The average Bonchev–Trinajstić information content (AvgIpc) is 2.95. The number of thiazole rings is 2. The van der Waals surface area contributed by atoms with Crippen molar-refractivity contribution in [3.05, 3.63) is 33.2 Å². The number of nitrogens with two attached hydrogens (primary N) is 1. The van der Waals surface area contributed by atoms with Gasteiger partial charge in [-0.3, -0.25) is 0 Å². The molecule has 0 aliphatic carbocycles. The Bertz CT molecular complexity index is 760. The van der Waals surface area contributed by atoms with Crippen LogP contribution in [0.5, 0.6) is 0 Å². The number of hydrogen-bond donors (Lipinski definition) is 2. The van der Waals surface area contributed by atoms with E-state index < -0.39 is 0 Å². The van der Waals surface area contributed by atoms with Crippen molar-refractivity contribution in [2.45, 2.75) is 26.8 Å². The van der Waals surface area contributed by atoms with E-state index in [0.717, 1.165) is 37.3 Å². The molecule has 1 aromatic carbocycles. The van der Waals surface area contributed by atoms with Gasteiger partial charge in [-0.1, -0.05) is 0 Å². The van der Waals surface area contributed by atoms with Crippen LogP contribution in [0.4, 0.5) is 11.4 Å². The average molecular weight is 304 g/mol. The molecule has 0 bridgehead atoms. The van der Waals surface area contributed by atoms with Crippen molar-refractivity contribution >= 4 is 44.3 Å². The highest BCUT2D eigenvalue weighted by Gasteiger charge is 2.12. The highest BCUT2D eigenvalue weighted by atomic mass is 32.1. The fourth-order valence-electron chi connectivity index (χ4n) is 2.10. The van der Waals surface area contributed by atoms with E-state index in [1.54, 1.807) is 22.7 Å². The van der Waals surface area contributed by atoms with Crippen LogP contribution in [0, 0.1) is 13.8 Å². The minimum atomic E-state index is 0.133. The van der Waals surface area contributed by atoms with Crippen LogP contribution in [-0.4, -0.2) is 9.97 Å². The molecule has 1 atom stereocenters. The number of benzene rings is 1. The van der Waals surface area contributed by atoms with E-state index in [1.807, 2.05) is 26.0 Å². The minimum Gasteiger partial charge on any atom is -0.397 e. The lowest BCUT2D eigenvalue weighted by molar-refractivity contribution is 0.865. The van der Waals surface area contributed by atoms with Crippen LogP contribution in [0.15, 0.2) is 17.5 Å². The molecule has 0 aliphatic rings. The number of aromatic nitrogens is 2. The molecule has 0 spiro atoms. The lowest BCUT2D eigenvalue weighted by Crippen LogP contribution is -2.08. The summed E-state index contributed by atoms with van der Waals surface area (Å²) >= 11 is 3.33. The van der Waals surface area contributed by atoms with Crippen molar-refractivity contribution in [3.63, 3.8) is 0 Å². The zero-order valence-corrected chi connectivity index (χ0v) is 13.2. The quantitative estimate of drug-likeness (QED) is 0.714. The molecule has 0 fully saturated rings. The van der Waals surface area contributed by atoms with Crippen LogP contribution in [0.2, 0.25) is 0 Å². The third-order valence-electron chi connectivity index (χ3n) is 3.05. The Labute approximate surface area is 125 Å². The van der Waals surface area contributed by atoms with Gasteiger partial charge < -0.3 is 11.1 Å². The van der Waals surface area contributed by atoms with Gasteiger partial charge in [0.25, 0.3) is 0 Å². The monoisotopic (exact) mass is 304 g/mol. The first-order chi connectivity index (χ1) is 9.52. The molecule has 1 unspecified atom stereocenters. The zero-order valence-electron chi connectivity index (χ0n) is 11.6. The maximum atomic E-state index is 6.13. The number of fused-ring (bicyclic) bond motifs is 1. The molecule has 6 heteroatoms. The fraction of sp³-hybridized carbons (Fsp3) is 0.286. The minimum absolute atomic E-state index is 0.133. The molecular weight excluding hydrogens is 288 g/mol.